The highest BCUT2D eigenvalue weighted by molar-refractivity contribution is 6.10. The van der Waals surface area contributed by atoms with Crippen LogP contribution in [0, 0.1) is 29.6 Å². The smallest absolute Gasteiger partial charge is 0.168 e. The van der Waals surface area contributed by atoms with Crippen LogP contribution in [-0.2, 0) is 0 Å². The molecule has 4 atom stereocenters. The Morgan fingerprint density at radius 1 is 1.26 bits per heavy atom. The number of H-pyrrole nitrogens is 1. The van der Waals surface area contributed by atoms with Crippen LogP contribution >= 0.6 is 0 Å². The summed E-state index contributed by atoms with van der Waals surface area (Å²) in [5.41, 5.74) is 1.88. The van der Waals surface area contributed by atoms with Crippen molar-refractivity contribution in [1.82, 2.24) is 9.97 Å². The van der Waals surface area contributed by atoms with Gasteiger partial charge in [0.25, 0.3) is 0 Å². The number of aromatic amines is 1. The number of pyridine rings is 1. The van der Waals surface area contributed by atoms with Crippen LogP contribution in [0.25, 0.3) is 10.9 Å². The topological polar surface area (TPSA) is 45.8 Å². The third kappa shape index (κ3) is 1.18. The van der Waals surface area contributed by atoms with Gasteiger partial charge in [-0.2, -0.15) is 0 Å². The van der Waals surface area contributed by atoms with Crippen LogP contribution < -0.4 is 0 Å². The van der Waals surface area contributed by atoms with Gasteiger partial charge in [-0.1, -0.05) is 0 Å². The molecule has 3 aliphatic carbocycles. The van der Waals surface area contributed by atoms with Gasteiger partial charge in [0.2, 0.25) is 0 Å². The van der Waals surface area contributed by atoms with Crippen molar-refractivity contribution in [2.24, 2.45) is 29.6 Å². The Hall–Kier alpha value is -1.64. The fourth-order valence-electron chi connectivity index (χ4n) is 5.02. The standard InChI is InChI=1S/C16H16N2O/c19-16(11-7-18-12-3-4-17-6-10(11)12)15-13-8-1-2-9(5-8)14(13)15/h3-4,6-9,13-15,18H,1-2,5H2. The Labute approximate surface area is 111 Å². The molecule has 0 amide bonds. The van der Waals surface area contributed by atoms with Crippen LogP contribution in [0.4, 0.5) is 0 Å². The highest BCUT2D eigenvalue weighted by Crippen LogP contribution is 2.70. The van der Waals surface area contributed by atoms with Crippen LogP contribution in [-0.4, -0.2) is 15.8 Å². The number of Topliss-reactive ketones (excluding diaryl/α,β-unsaturated/α-hetero) is 1. The van der Waals surface area contributed by atoms with Crippen LogP contribution in [0.3, 0.4) is 0 Å². The first-order valence-corrected chi connectivity index (χ1v) is 7.30. The summed E-state index contributed by atoms with van der Waals surface area (Å²) in [4.78, 5) is 20.1. The maximum Gasteiger partial charge on any atom is 0.168 e. The van der Waals surface area contributed by atoms with E-state index < -0.39 is 0 Å². The van der Waals surface area contributed by atoms with Crippen LogP contribution in [0.15, 0.2) is 24.7 Å². The number of carbonyl (C=O) groups excluding carboxylic acids is 1. The predicted molar refractivity (Wildman–Crippen MR) is 71.7 cm³/mol. The van der Waals surface area contributed by atoms with E-state index in [0.717, 1.165) is 28.3 Å². The number of hydrogen-bond acceptors (Lipinski definition) is 2. The third-order valence-electron chi connectivity index (χ3n) is 5.79. The number of aromatic nitrogens is 2. The van der Waals surface area contributed by atoms with Crippen molar-refractivity contribution in [2.75, 3.05) is 0 Å². The van der Waals surface area contributed by atoms with Crippen molar-refractivity contribution >= 4 is 16.7 Å². The van der Waals surface area contributed by atoms with Gasteiger partial charge in [0.15, 0.2) is 5.78 Å². The second-order valence-corrected chi connectivity index (χ2v) is 6.50. The zero-order chi connectivity index (χ0) is 12.6. The average molecular weight is 252 g/mol. The van der Waals surface area contributed by atoms with E-state index in [1.807, 2.05) is 18.5 Å². The summed E-state index contributed by atoms with van der Waals surface area (Å²) in [5, 5.41) is 0.991. The first kappa shape index (κ1) is 10.2. The van der Waals surface area contributed by atoms with Crippen LogP contribution in [0.1, 0.15) is 29.6 Å². The Morgan fingerprint density at radius 2 is 2.05 bits per heavy atom. The average Bonchev–Trinajstić information content (AvgIpc) is 2.82. The maximum absolute atomic E-state index is 12.8. The van der Waals surface area contributed by atoms with Crippen molar-refractivity contribution in [1.29, 1.82) is 0 Å². The molecule has 19 heavy (non-hydrogen) atoms. The quantitative estimate of drug-likeness (QED) is 0.835. The SMILES string of the molecule is O=C(c1c[nH]c2ccncc12)C1C2C3CCC(C3)C12. The molecule has 2 heterocycles. The van der Waals surface area contributed by atoms with E-state index in [-0.39, 0.29) is 0 Å². The maximum atomic E-state index is 12.8. The first-order valence-electron chi connectivity index (χ1n) is 7.30. The molecule has 5 rings (SSSR count). The molecule has 3 aliphatic rings. The second-order valence-electron chi connectivity index (χ2n) is 6.50. The van der Waals surface area contributed by atoms with Crippen molar-refractivity contribution in [3.8, 4) is 0 Å². The summed E-state index contributed by atoms with van der Waals surface area (Å²) in [5.74, 6) is 3.83. The van der Waals surface area contributed by atoms with Gasteiger partial charge in [-0.3, -0.25) is 9.78 Å². The minimum Gasteiger partial charge on any atom is -0.360 e. The zero-order valence-electron chi connectivity index (χ0n) is 10.7. The summed E-state index contributed by atoms with van der Waals surface area (Å²) in [6, 6.07) is 1.93. The van der Waals surface area contributed by atoms with E-state index in [1.165, 1.54) is 19.3 Å². The Morgan fingerprint density at radius 3 is 2.84 bits per heavy atom. The lowest BCUT2D eigenvalue weighted by Gasteiger charge is -2.06. The molecule has 3 fully saturated rings. The van der Waals surface area contributed by atoms with Gasteiger partial charge in [0.05, 0.1) is 0 Å². The lowest BCUT2D eigenvalue weighted by atomic mass is 9.96. The predicted octanol–water partition coefficient (Wildman–Crippen LogP) is 3.04. The molecule has 2 bridgehead atoms. The fraction of sp³-hybridized carbons (Fsp3) is 0.500. The monoisotopic (exact) mass is 252 g/mol. The van der Waals surface area contributed by atoms with Gasteiger partial charge in [-0.05, 0) is 49.0 Å². The van der Waals surface area contributed by atoms with Gasteiger partial charge < -0.3 is 4.98 Å². The number of rotatable bonds is 2. The molecular weight excluding hydrogens is 236 g/mol. The summed E-state index contributed by atoms with van der Waals surface area (Å²) in [6.45, 7) is 0. The van der Waals surface area contributed by atoms with Gasteiger partial charge >= 0.3 is 0 Å². The Balaban J connectivity index is 1.53. The van der Waals surface area contributed by atoms with Crippen molar-refractivity contribution in [3.05, 3.63) is 30.2 Å². The molecule has 0 aliphatic heterocycles. The lowest BCUT2D eigenvalue weighted by molar-refractivity contribution is 0.0946. The van der Waals surface area contributed by atoms with Crippen molar-refractivity contribution in [3.63, 3.8) is 0 Å². The number of nitrogens with one attached hydrogen (secondary N) is 1. The normalized spacial score (nSPS) is 38.6. The molecule has 0 saturated heterocycles. The minimum absolute atomic E-state index is 0.324. The summed E-state index contributed by atoms with van der Waals surface area (Å²) in [6.07, 6.45) is 9.58. The van der Waals surface area contributed by atoms with E-state index in [0.29, 0.717) is 23.5 Å². The zero-order valence-corrected chi connectivity index (χ0v) is 10.7. The molecule has 2 aromatic heterocycles. The molecule has 0 spiro atoms. The first-order chi connectivity index (χ1) is 9.34. The van der Waals surface area contributed by atoms with Gasteiger partial charge in [0, 0.05) is 41.0 Å². The molecule has 96 valence electrons. The summed E-state index contributed by atoms with van der Waals surface area (Å²) in [7, 11) is 0. The molecule has 4 unspecified atom stereocenters. The van der Waals surface area contributed by atoms with Crippen molar-refractivity contribution < 1.29 is 4.79 Å². The lowest BCUT2D eigenvalue weighted by Crippen LogP contribution is -2.09. The molecule has 3 saturated carbocycles. The van der Waals surface area contributed by atoms with E-state index >= 15 is 0 Å². The number of carbonyl (C=O) groups is 1. The van der Waals surface area contributed by atoms with E-state index in [4.69, 9.17) is 0 Å². The van der Waals surface area contributed by atoms with E-state index in [1.54, 1.807) is 6.20 Å². The molecule has 3 nitrogen and oxygen atoms in total. The highest BCUT2D eigenvalue weighted by atomic mass is 16.1. The van der Waals surface area contributed by atoms with Crippen LogP contribution in [0.2, 0.25) is 0 Å². The molecule has 1 N–H and O–H groups in total. The Bertz CT molecular complexity index is 673. The minimum atomic E-state index is 0.324. The molecule has 0 aromatic carbocycles. The van der Waals surface area contributed by atoms with Crippen LogP contribution in [0.5, 0.6) is 0 Å². The molecular formula is C16H16N2O. The summed E-state index contributed by atoms with van der Waals surface area (Å²) < 4.78 is 0. The Kier molecular flexibility index (Phi) is 1.75. The summed E-state index contributed by atoms with van der Waals surface area (Å²) >= 11 is 0. The molecule has 2 aromatic rings. The van der Waals surface area contributed by atoms with Gasteiger partial charge in [0.1, 0.15) is 0 Å². The molecule has 0 radical (unpaired) electrons. The van der Waals surface area contributed by atoms with E-state index in [9.17, 15) is 4.79 Å². The number of ketones is 1. The largest absolute Gasteiger partial charge is 0.360 e. The second kappa shape index (κ2) is 3.27. The number of nitrogens with zero attached hydrogens (tertiary/aromatic N) is 1. The van der Waals surface area contributed by atoms with Crippen molar-refractivity contribution in [2.45, 2.75) is 19.3 Å². The third-order valence-corrected chi connectivity index (χ3v) is 5.79. The van der Waals surface area contributed by atoms with E-state index in [2.05, 4.69) is 9.97 Å². The number of hydrogen-bond donors (Lipinski definition) is 1. The highest BCUT2D eigenvalue weighted by Gasteiger charge is 2.67. The van der Waals surface area contributed by atoms with Gasteiger partial charge in [-0.15, -0.1) is 0 Å². The van der Waals surface area contributed by atoms with Gasteiger partial charge in [-0.25, -0.2) is 0 Å². The fourth-order valence-corrected chi connectivity index (χ4v) is 5.02. The molecule has 3 heteroatoms. The number of fused-ring (bicyclic) bond motifs is 6.